The first kappa shape index (κ1) is 28.0. The third-order valence-electron chi connectivity index (χ3n) is 7.21. The normalized spacial score (nSPS) is 13.8. The number of aliphatic carboxylic acids is 1. The molecule has 7 nitrogen and oxygen atoms in total. The molecule has 1 rings (SSSR count). The highest BCUT2D eigenvalue weighted by atomic mass is 16.5. The Balaban J connectivity index is 2.40. The summed E-state index contributed by atoms with van der Waals surface area (Å²) in [5, 5.41) is 19.6. The zero-order chi connectivity index (χ0) is 24.2. The first-order chi connectivity index (χ1) is 15.2. The van der Waals surface area contributed by atoms with Crippen LogP contribution in [-0.4, -0.2) is 38.5 Å². The van der Waals surface area contributed by atoms with Gasteiger partial charge in [0.1, 0.15) is 0 Å². The van der Waals surface area contributed by atoms with Gasteiger partial charge in [0.25, 0.3) is 0 Å². The molecular formula is C25H44N2O5. The second-order valence-corrected chi connectivity index (χ2v) is 8.89. The van der Waals surface area contributed by atoms with Crippen LogP contribution in [-0.2, 0) is 22.6 Å². The molecule has 0 saturated carbocycles. The molecule has 1 heterocycles. The Labute approximate surface area is 193 Å². The topological polar surface area (TPSA) is 93.7 Å². The van der Waals surface area contributed by atoms with Crippen molar-refractivity contribution in [3.05, 3.63) is 29.3 Å². The van der Waals surface area contributed by atoms with Crippen LogP contribution in [0.3, 0.4) is 0 Å². The van der Waals surface area contributed by atoms with Crippen LogP contribution in [0.5, 0.6) is 5.88 Å². The van der Waals surface area contributed by atoms with E-state index >= 15 is 0 Å². The summed E-state index contributed by atoms with van der Waals surface area (Å²) in [5.74, 6) is -0.758. The molecule has 0 aliphatic rings. The van der Waals surface area contributed by atoms with Crippen molar-refractivity contribution in [1.82, 2.24) is 9.13 Å². The summed E-state index contributed by atoms with van der Waals surface area (Å²) in [4.78, 5) is 24.0. The fourth-order valence-corrected chi connectivity index (χ4v) is 4.35. The van der Waals surface area contributed by atoms with Crippen molar-refractivity contribution in [3.63, 3.8) is 0 Å². The molecule has 184 valence electrons. The summed E-state index contributed by atoms with van der Waals surface area (Å²) in [6.45, 7) is 14.2. The van der Waals surface area contributed by atoms with Gasteiger partial charge in [-0.1, -0.05) is 33.3 Å². The second kappa shape index (κ2) is 13.5. The number of carboxylic acid groups (broad SMARTS) is 1. The van der Waals surface area contributed by atoms with Crippen LogP contribution < -0.4 is 5.69 Å². The molecule has 7 heteroatoms. The smallest absolute Gasteiger partial charge is 0.331 e. The van der Waals surface area contributed by atoms with Gasteiger partial charge in [-0.25, -0.2) is 4.79 Å². The predicted molar refractivity (Wildman–Crippen MR) is 128 cm³/mol. The van der Waals surface area contributed by atoms with Gasteiger partial charge in [0.2, 0.25) is 5.88 Å². The molecule has 1 unspecified atom stereocenters. The van der Waals surface area contributed by atoms with E-state index < -0.39 is 11.4 Å². The molecular weight excluding hydrogens is 408 g/mol. The van der Waals surface area contributed by atoms with Gasteiger partial charge >= 0.3 is 11.7 Å². The Morgan fingerprint density at radius 3 is 2.09 bits per heavy atom. The minimum atomic E-state index is -0.821. The van der Waals surface area contributed by atoms with Gasteiger partial charge in [0, 0.05) is 26.3 Å². The highest BCUT2D eigenvalue weighted by Crippen LogP contribution is 2.35. The summed E-state index contributed by atoms with van der Waals surface area (Å²) >= 11 is 0. The molecule has 1 aromatic heterocycles. The summed E-state index contributed by atoms with van der Waals surface area (Å²) < 4.78 is 8.80. The zero-order valence-electron chi connectivity index (χ0n) is 20.6. The van der Waals surface area contributed by atoms with Gasteiger partial charge in [0.15, 0.2) is 0 Å². The Kier molecular flexibility index (Phi) is 11.8. The van der Waals surface area contributed by atoms with Crippen molar-refractivity contribution >= 4 is 5.97 Å². The molecule has 0 radical (unpaired) electrons. The number of imidazole rings is 1. The number of aromatic nitrogens is 2. The summed E-state index contributed by atoms with van der Waals surface area (Å²) in [6.07, 6.45) is 10.7. The van der Waals surface area contributed by atoms with Gasteiger partial charge in [-0.15, -0.1) is 6.58 Å². The average molecular weight is 453 g/mol. The maximum Gasteiger partial charge on any atom is 0.331 e. The fraction of sp³-hybridized carbons (Fsp3) is 0.760. The predicted octanol–water partition coefficient (Wildman–Crippen LogP) is 5.21. The summed E-state index contributed by atoms with van der Waals surface area (Å²) in [5.41, 5.74) is -0.990. The maximum atomic E-state index is 12.5. The molecule has 0 saturated heterocycles. The lowest BCUT2D eigenvalue weighted by molar-refractivity contribution is -0.146. The van der Waals surface area contributed by atoms with E-state index in [1.54, 1.807) is 6.08 Å². The van der Waals surface area contributed by atoms with Crippen molar-refractivity contribution < 1.29 is 19.7 Å². The van der Waals surface area contributed by atoms with Crippen molar-refractivity contribution in [1.29, 1.82) is 0 Å². The van der Waals surface area contributed by atoms with Crippen molar-refractivity contribution in [3.8, 4) is 5.88 Å². The van der Waals surface area contributed by atoms with E-state index in [-0.39, 0.29) is 17.0 Å². The van der Waals surface area contributed by atoms with E-state index in [0.29, 0.717) is 39.1 Å². The third kappa shape index (κ3) is 7.26. The number of aromatic hydroxyl groups is 1. The Morgan fingerprint density at radius 1 is 1.06 bits per heavy atom. The number of carboxylic acids is 1. The molecule has 0 bridgehead atoms. The number of hydrogen-bond acceptors (Lipinski definition) is 4. The van der Waals surface area contributed by atoms with Crippen LogP contribution in [0.15, 0.2) is 23.6 Å². The first-order valence-electron chi connectivity index (χ1n) is 12.2. The summed E-state index contributed by atoms with van der Waals surface area (Å²) in [7, 11) is 0. The average Bonchev–Trinajstić information content (AvgIpc) is 3.06. The lowest BCUT2D eigenvalue weighted by Crippen LogP contribution is -2.32. The van der Waals surface area contributed by atoms with E-state index in [4.69, 9.17) is 4.74 Å². The molecule has 0 aromatic carbocycles. The van der Waals surface area contributed by atoms with E-state index in [0.717, 1.165) is 44.9 Å². The second-order valence-electron chi connectivity index (χ2n) is 8.89. The maximum absolute atomic E-state index is 12.5. The molecule has 2 N–H and O–H groups in total. The van der Waals surface area contributed by atoms with Crippen LogP contribution in [0.2, 0.25) is 0 Å². The minimum absolute atomic E-state index is 0.0216. The number of nitrogens with zero attached hydrogens (tertiary/aromatic N) is 2. The third-order valence-corrected chi connectivity index (χ3v) is 7.21. The molecule has 32 heavy (non-hydrogen) atoms. The van der Waals surface area contributed by atoms with Crippen LogP contribution >= 0.6 is 0 Å². The minimum Gasteiger partial charge on any atom is -0.493 e. The van der Waals surface area contributed by atoms with E-state index in [1.807, 2.05) is 13.8 Å². The van der Waals surface area contributed by atoms with E-state index in [9.17, 15) is 19.8 Å². The van der Waals surface area contributed by atoms with Crippen LogP contribution in [0, 0.1) is 10.8 Å². The first-order valence-corrected chi connectivity index (χ1v) is 12.2. The Morgan fingerprint density at radius 2 is 1.66 bits per heavy atom. The monoisotopic (exact) mass is 452 g/mol. The molecule has 0 fully saturated rings. The van der Waals surface area contributed by atoms with Crippen LogP contribution in [0.4, 0.5) is 0 Å². The number of unbranched alkanes of at least 4 members (excludes halogenated alkanes) is 2. The molecule has 0 aliphatic carbocycles. The Bertz CT molecular complexity index is 763. The summed E-state index contributed by atoms with van der Waals surface area (Å²) in [6, 6.07) is 0. The van der Waals surface area contributed by atoms with Gasteiger partial charge in [0.05, 0.1) is 11.6 Å². The lowest BCUT2D eigenvalue weighted by Gasteiger charge is -2.32. The van der Waals surface area contributed by atoms with Gasteiger partial charge < -0.3 is 14.9 Å². The SMILES string of the molecule is C=CC(CC)(CCCCOCCCCC(CC)(CC)Cn1c(O)cn(CC)c1=O)C(=O)O. The number of aryl methyl sites for hydroxylation is 1. The molecule has 0 aliphatic heterocycles. The van der Waals surface area contributed by atoms with E-state index in [2.05, 4.69) is 20.4 Å². The largest absolute Gasteiger partial charge is 0.493 e. The number of rotatable bonds is 18. The molecule has 1 atom stereocenters. The number of hydrogen-bond donors (Lipinski definition) is 2. The van der Waals surface area contributed by atoms with Crippen LogP contribution in [0.1, 0.15) is 85.5 Å². The van der Waals surface area contributed by atoms with Crippen molar-refractivity contribution in [2.24, 2.45) is 10.8 Å². The van der Waals surface area contributed by atoms with Gasteiger partial charge in [-0.3, -0.25) is 13.9 Å². The quantitative estimate of drug-likeness (QED) is 0.236. The van der Waals surface area contributed by atoms with Crippen molar-refractivity contribution in [2.75, 3.05) is 13.2 Å². The highest BCUT2D eigenvalue weighted by molar-refractivity contribution is 5.76. The molecule has 1 aromatic rings. The fourth-order valence-electron chi connectivity index (χ4n) is 4.35. The highest BCUT2D eigenvalue weighted by Gasteiger charge is 2.32. The molecule has 0 amide bonds. The standard InChI is InChI=1S/C25H44N2O5/c1-6-24(7-2,20-27-21(28)19-26(10-5)23(27)31)15-11-13-17-32-18-14-12-16-25(8-3,9-4)22(29)30/h8,19,28H,3,6-7,9-18,20H2,1-2,4-5H3,(H,29,30). The Hall–Kier alpha value is -2.02. The van der Waals surface area contributed by atoms with E-state index in [1.165, 1.54) is 15.3 Å². The number of ether oxygens (including phenoxy) is 1. The zero-order valence-corrected chi connectivity index (χ0v) is 20.6. The van der Waals surface area contributed by atoms with Gasteiger partial charge in [-0.05, 0) is 63.7 Å². The van der Waals surface area contributed by atoms with Gasteiger partial charge in [-0.2, -0.15) is 0 Å². The number of carbonyl (C=O) groups is 1. The van der Waals surface area contributed by atoms with Crippen LogP contribution in [0.25, 0.3) is 0 Å². The lowest BCUT2D eigenvalue weighted by atomic mass is 9.77. The van der Waals surface area contributed by atoms with Crippen molar-refractivity contribution in [2.45, 2.75) is 98.6 Å². The molecule has 0 spiro atoms.